The molecule has 0 radical (unpaired) electrons. The lowest BCUT2D eigenvalue weighted by Crippen LogP contribution is -2.59. The second-order valence-corrected chi connectivity index (χ2v) is 17.2. The standard InChI is InChI=1S/C44H52N2O2/c1-29-19-21-30(22-20-29)15-11-12-16-31-23-32-27-45-37-17-13-14-18-38(37)46-28-33-25-34(41(2,3)4)26-36(43(8,9)10)40(33)48-44(45,46)47-39(32)35(24-31)42(5,6)7/h13-14,17-28H,11-12,15-16H2,1-10H3/q+2. The highest BCUT2D eigenvalue weighted by Gasteiger charge is 2.73. The number of benzene rings is 4. The number of fused-ring (bicyclic) bond motifs is 5. The van der Waals surface area contributed by atoms with Gasteiger partial charge in [-0.15, -0.1) is 0 Å². The zero-order valence-electron chi connectivity index (χ0n) is 30.6. The highest BCUT2D eigenvalue weighted by Crippen LogP contribution is 2.52. The summed E-state index contributed by atoms with van der Waals surface area (Å²) < 4.78 is 19.0. The molecule has 0 saturated heterocycles. The van der Waals surface area contributed by atoms with Gasteiger partial charge in [-0.3, -0.25) is 0 Å². The molecular weight excluding hydrogens is 588 g/mol. The Balaban J connectivity index is 1.33. The Labute approximate surface area is 287 Å². The van der Waals surface area contributed by atoms with Crippen LogP contribution in [0.3, 0.4) is 0 Å². The predicted octanol–water partition coefficient (Wildman–Crippen LogP) is 10.4. The summed E-state index contributed by atoms with van der Waals surface area (Å²) in [6, 6.07) is 25.7. The van der Waals surface area contributed by atoms with Crippen molar-refractivity contribution in [1.29, 1.82) is 0 Å². The first-order valence-corrected chi connectivity index (χ1v) is 17.7. The first kappa shape index (κ1) is 32.4. The van der Waals surface area contributed by atoms with Gasteiger partial charge in [0.25, 0.3) is 11.4 Å². The Kier molecular flexibility index (Phi) is 7.54. The topological polar surface area (TPSA) is 24.5 Å². The van der Waals surface area contributed by atoms with Crippen molar-refractivity contribution in [1.82, 2.24) is 0 Å². The van der Waals surface area contributed by atoms with Crippen LogP contribution in [0.2, 0.25) is 0 Å². The first-order valence-electron chi connectivity index (χ1n) is 17.7. The maximum atomic E-state index is 7.32. The zero-order chi connectivity index (χ0) is 34.2. The molecule has 0 amide bonds. The maximum Gasteiger partial charge on any atom is 0.715 e. The van der Waals surface area contributed by atoms with Gasteiger partial charge in [-0.1, -0.05) is 116 Å². The fourth-order valence-corrected chi connectivity index (χ4v) is 7.24. The quantitative estimate of drug-likeness (QED) is 0.160. The second-order valence-electron chi connectivity index (χ2n) is 17.2. The van der Waals surface area contributed by atoms with Crippen LogP contribution >= 0.6 is 0 Å². The summed E-state index contributed by atoms with van der Waals surface area (Å²) in [5.74, 6) is 1.80. The van der Waals surface area contributed by atoms with Gasteiger partial charge in [-0.2, -0.15) is 0 Å². The lowest BCUT2D eigenvalue weighted by atomic mass is 9.79. The van der Waals surface area contributed by atoms with Crippen LogP contribution in [-0.4, -0.2) is 27.6 Å². The molecule has 3 aliphatic rings. The van der Waals surface area contributed by atoms with E-state index < -0.39 is 6.03 Å². The summed E-state index contributed by atoms with van der Waals surface area (Å²) in [7, 11) is 0. The van der Waals surface area contributed by atoms with Gasteiger partial charge in [0.1, 0.15) is 0 Å². The van der Waals surface area contributed by atoms with Gasteiger partial charge in [0.2, 0.25) is 0 Å². The van der Waals surface area contributed by atoms with Crippen LogP contribution < -0.4 is 9.47 Å². The zero-order valence-corrected chi connectivity index (χ0v) is 30.6. The van der Waals surface area contributed by atoms with Crippen LogP contribution in [0.4, 0.5) is 11.4 Å². The molecule has 3 heterocycles. The van der Waals surface area contributed by atoms with Crippen molar-refractivity contribution in [3.8, 4) is 11.5 Å². The molecule has 7 rings (SSSR count). The number of ether oxygens (including phenoxy) is 2. The van der Waals surface area contributed by atoms with E-state index in [9.17, 15) is 0 Å². The average Bonchev–Trinajstić information content (AvgIpc) is 3.28. The number of rotatable bonds is 5. The van der Waals surface area contributed by atoms with Crippen LogP contribution in [0.15, 0.2) is 72.8 Å². The van der Waals surface area contributed by atoms with E-state index in [1.807, 2.05) is 0 Å². The molecule has 1 atom stereocenters. The molecule has 4 aromatic carbocycles. The molecule has 0 bridgehead atoms. The molecule has 4 nitrogen and oxygen atoms in total. The van der Waals surface area contributed by atoms with E-state index in [4.69, 9.17) is 9.47 Å². The third-order valence-electron chi connectivity index (χ3n) is 10.1. The molecule has 0 aliphatic carbocycles. The minimum absolute atomic E-state index is 0.000994. The van der Waals surface area contributed by atoms with E-state index in [0.717, 1.165) is 53.3 Å². The third kappa shape index (κ3) is 5.57. The van der Waals surface area contributed by atoms with Crippen LogP contribution in [0.5, 0.6) is 11.5 Å². The third-order valence-corrected chi connectivity index (χ3v) is 10.1. The van der Waals surface area contributed by atoms with E-state index >= 15 is 0 Å². The monoisotopic (exact) mass is 640 g/mol. The summed E-state index contributed by atoms with van der Waals surface area (Å²) in [5, 5.41) is 0. The number of para-hydroxylation sites is 2. The SMILES string of the molecule is Cc1ccc(CCCCc2cc3c(c(C(C)(C)C)c2)OC24Oc5c(cc(C(C)(C)C)cc5C(C)(C)C)C=[N+]2c2ccccc2[N+]4=C3)cc1. The summed E-state index contributed by atoms with van der Waals surface area (Å²) in [6.45, 7) is 22.7. The Hall–Kier alpha value is -4.18. The lowest BCUT2D eigenvalue weighted by molar-refractivity contribution is -0.831. The van der Waals surface area contributed by atoms with Crippen molar-refractivity contribution in [2.24, 2.45) is 0 Å². The number of aryl methyl sites for hydroxylation is 3. The van der Waals surface area contributed by atoms with Crippen LogP contribution in [-0.2, 0) is 29.1 Å². The number of hydrogen-bond donors (Lipinski definition) is 0. The molecule has 1 unspecified atom stereocenters. The second kappa shape index (κ2) is 11.2. The molecule has 0 fully saturated rings. The minimum Gasteiger partial charge on any atom is -0.339 e. The number of hydrogen-bond acceptors (Lipinski definition) is 2. The van der Waals surface area contributed by atoms with Gasteiger partial charge >= 0.3 is 6.03 Å². The van der Waals surface area contributed by atoms with Crippen LogP contribution in [0.25, 0.3) is 0 Å². The fraction of sp³-hybridized carbons (Fsp3) is 0.409. The Bertz CT molecular complexity index is 1980. The summed E-state index contributed by atoms with van der Waals surface area (Å²) in [6.07, 6.45) is 8.97. The summed E-state index contributed by atoms with van der Waals surface area (Å²) in [5.41, 5.74) is 11.9. The summed E-state index contributed by atoms with van der Waals surface area (Å²) >= 11 is 0. The van der Waals surface area contributed by atoms with Gasteiger partial charge in [0.05, 0.1) is 11.1 Å². The molecule has 248 valence electrons. The first-order chi connectivity index (χ1) is 22.5. The maximum absolute atomic E-state index is 7.32. The van der Waals surface area contributed by atoms with E-state index in [2.05, 4.69) is 164 Å². The van der Waals surface area contributed by atoms with Crippen molar-refractivity contribution in [3.63, 3.8) is 0 Å². The largest absolute Gasteiger partial charge is 0.715 e. The normalized spacial score (nSPS) is 18.0. The predicted molar refractivity (Wildman–Crippen MR) is 197 cm³/mol. The highest BCUT2D eigenvalue weighted by molar-refractivity contribution is 5.87. The van der Waals surface area contributed by atoms with Crippen molar-refractivity contribution in [3.05, 3.63) is 117 Å². The number of nitrogens with zero attached hydrogens (tertiary/aromatic N) is 2. The summed E-state index contributed by atoms with van der Waals surface area (Å²) in [4.78, 5) is 0. The van der Waals surface area contributed by atoms with Gasteiger partial charge in [0.15, 0.2) is 23.9 Å². The molecule has 3 aliphatic heterocycles. The van der Waals surface area contributed by atoms with E-state index in [0.29, 0.717) is 0 Å². The molecule has 0 saturated carbocycles. The Morgan fingerprint density at radius 3 is 1.58 bits per heavy atom. The minimum atomic E-state index is -1.21. The lowest BCUT2D eigenvalue weighted by Gasteiger charge is -2.33. The number of unbranched alkanes of at least 4 members (excludes halogenated alkanes) is 1. The average molecular weight is 641 g/mol. The molecule has 0 aromatic heterocycles. The highest BCUT2D eigenvalue weighted by atomic mass is 16.7. The molecule has 1 spiro atoms. The molecule has 4 aromatic rings. The van der Waals surface area contributed by atoms with E-state index in [-0.39, 0.29) is 16.2 Å². The van der Waals surface area contributed by atoms with Gasteiger partial charge in [0, 0.05) is 23.3 Å². The smallest absolute Gasteiger partial charge is 0.339 e. The fourth-order valence-electron chi connectivity index (χ4n) is 7.24. The molecule has 4 heteroatoms. The van der Waals surface area contributed by atoms with Crippen molar-refractivity contribution >= 4 is 23.8 Å². The van der Waals surface area contributed by atoms with Crippen molar-refractivity contribution in [2.75, 3.05) is 0 Å². The molecule has 0 N–H and O–H groups in total. The van der Waals surface area contributed by atoms with Gasteiger partial charge in [-0.05, 0) is 86.8 Å². The van der Waals surface area contributed by atoms with E-state index in [1.54, 1.807) is 0 Å². The molecule has 48 heavy (non-hydrogen) atoms. The van der Waals surface area contributed by atoms with Gasteiger partial charge in [-0.25, -0.2) is 0 Å². The van der Waals surface area contributed by atoms with Crippen molar-refractivity contribution < 1.29 is 18.6 Å². The van der Waals surface area contributed by atoms with Gasteiger partial charge < -0.3 is 9.47 Å². The molecular formula is C44H52N2O2+2. The van der Waals surface area contributed by atoms with Crippen LogP contribution in [0.1, 0.15) is 120 Å². The van der Waals surface area contributed by atoms with Crippen LogP contribution in [0, 0.1) is 6.92 Å². The van der Waals surface area contributed by atoms with E-state index in [1.165, 1.54) is 39.8 Å². The Morgan fingerprint density at radius 1 is 0.562 bits per heavy atom. The Morgan fingerprint density at radius 2 is 1.06 bits per heavy atom. The van der Waals surface area contributed by atoms with Crippen molar-refractivity contribution in [2.45, 2.75) is 117 Å².